The number of ether oxygens (including phenoxy) is 1. The van der Waals surface area contributed by atoms with Gasteiger partial charge in [-0.2, -0.15) is 0 Å². The van der Waals surface area contributed by atoms with Crippen LogP contribution in [0.2, 0.25) is 10.0 Å². The zero-order valence-electron chi connectivity index (χ0n) is 14.9. The maximum Gasteiger partial charge on any atom is 0.340 e. The van der Waals surface area contributed by atoms with Crippen LogP contribution in [0.15, 0.2) is 41.3 Å². The Labute approximate surface area is 176 Å². The Hall–Kier alpha value is -1.53. The molecule has 7 heteroatoms. The number of thioether (sulfide) groups is 1. The van der Waals surface area contributed by atoms with E-state index in [0.29, 0.717) is 32.6 Å². The lowest BCUT2D eigenvalue weighted by molar-refractivity contribution is 0.00158. The van der Waals surface area contributed by atoms with Gasteiger partial charge >= 0.3 is 5.97 Å². The average molecular weight is 434 g/mol. The van der Waals surface area contributed by atoms with Crippen LogP contribution < -0.4 is 5.32 Å². The van der Waals surface area contributed by atoms with Crippen LogP contribution in [0.3, 0.4) is 0 Å². The van der Waals surface area contributed by atoms with Gasteiger partial charge in [-0.05, 0) is 31.5 Å². The summed E-state index contributed by atoms with van der Waals surface area (Å²) < 4.78 is 5.13. The number of hydrogen-bond donors (Lipinski definition) is 1. The number of benzene rings is 2. The zero-order chi connectivity index (χ0) is 19.5. The molecule has 0 radical (unpaired) electrons. The van der Waals surface area contributed by atoms with E-state index in [2.05, 4.69) is 5.32 Å². The summed E-state index contributed by atoms with van der Waals surface area (Å²) in [6.45, 7) is 1.37. The molecule has 144 valence electrons. The topological polar surface area (TPSA) is 55.4 Å². The number of rotatable bonds is 4. The molecule has 1 saturated carbocycles. The average Bonchev–Trinajstić information content (AvgIpc) is 3.23. The second kappa shape index (κ2) is 6.49. The fraction of sp³-hybridized carbons (Fsp3) is 0.333. The highest BCUT2D eigenvalue weighted by Gasteiger charge is 2.55. The molecular formula is C21H17Cl2NO3S. The molecule has 1 spiro atoms. The van der Waals surface area contributed by atoms with Gasteiger partial charge in [-0.1, -0.05) is 47.5 Å². The van der Waals surface area contributed by atoms with E-state index in [0.717, 1.165) is 31.4 Å². The molecule has 4 nitrogen and oxygen atoms in total. The van der Waals surface area contributed by atoms with Gasteiger partial charge in [0.2, 0.25) is 0 Å². The van der Waals surface area contributed by atoms with Gasteiger partial charge in [0, 0.05) is 29.0 Å². The van der Waals surface area contributed by atoms with Crippen molar-refractivity contribution >= 4 is 46.7 Å². The van der Waals surface area contributed by atoms with Crippen molar-refractivity contribution in [1.29, 1.82) is 0 Å². The van der Waals surface area contributed by atoms with Crippen LogP contribution in [-0.4, -0.2) is 29.6 Å². The van der Waals surface area contributed by atoms with Crippen molar-refractivity contribution in [2.45, 2.75) is 34.5 Å². The number of Topliss-reactive ketones (excluding diaryl/α,β-unsaturated/α-hetero) is 1. The predicted octanol–water partition coefficient (Wildman–Crippen LogP) is 4.86. The van der Waals surface area contributed by atoms with E-state index >= 15 is 0 Å². The number of hydrogen-bond acceptors (Lipinski definition) is 5. The fourth-order valence-electron chi connectivity index (χ4n) is 4.12. The molecule has 2 heterocycles. The minimum absolute atomic E-state index is 0.0507. The first-order chi connectivity index (χ1) is 13.5. The number of fused-ring (bicyclic) bond motifs is 2. The molecule has 1 saturated heterocycles. The monoisotopic (exact) mass is 433 g/mol. The van der Waals surface area contributed by atoms with E-state index in [1.165, 1.54) is 11.8 Å². The standard InChI is InChI=1S/C21H17Cl2NO3S/c22-14-5-2-6-15(23)17(14)28-21(7-8-21)18(25)12-3-1-4-13-16(12)19(26)27-20(13)9-10-24-11-20/h1-6,24H,7-11H2. The Bertz CT molecular complexity index is 992. The zero-order valence-corrected chi connectivity index (χ0v) is 17.2. The molecule has 0 aromatic heterocycles. The lowest BCUT2D eigenvalue weighted by Crippen LogP contribution is -2.28. The second-order valence-electron chi connectivity index (χ2n) is 7.51. The Kier molecular flexibility index (Phi) is 4.29. The van der Waals surface area contributed by atoms with Crippen LogP contribution in [0, 0.1) is 0 Å². The molecule has 0 bridgehead atoms. The second-order valence-corrected chi connectivity index (χ2v) is 9.72. The molecule has 1 N–H and O–H groups in total. The number of carbonyl (C=O) groups excluding carboxylic acids is 2. The van der Waals surface area contributed by atoms with Gasteiger partial charge in [-0.25, -0.2) is 4.79 Å². The fourth-order valence-corrected chi connectivity index (χ4v) is 5.98. The van der Waals surface area contributed by atoms with Gasteiger partial charge < -0.3 is 10.1 Å². The molecule has 2 aromatic rings. The van der Waals surface area contributed by atoms with E-state index in [1.807, 2.05) is 12.1 Å². The smallest absolute Gasteiger partial charge is 0.340 e. The number of halogens is 2. The van der Waals surface area contributed by atoms with Crippen LogP contribution >= 0.6 is 35.0 Å². The van der Waals surface area contributed by atoms with Gasteiger partial charge in [0.1, 0.15) is 0 Å². The first-order valence-electron chi connectivity index (χ1n) is 9.21. The largest absolute Gasteiger partial charge is 0.449 e. The molecule has 2 aromatic carbocycles. The third-order valence-corrected chi connectivity index (χ3v) is 8.22. The van der Waals surface area contributed by atoms with Crippen molar-refractivity contribution in [3.8, 4) is 0 Å². The van der Waals surface area contributed by atoms with Gasteiger partial charge in [0.05, 0.1) is 20.4 Å². The van der Waals surface area contributed by atoms with Crippen molar-refractivity contribution in [3.63, 3.8) is 0 Å². The van der Waals surface area contributed by atoms with Crippen LogP contribution in [0.1, 0.15) is 45.5 Å². The summed E-state index contributed by atoms with van der Waals surface area (Å²) in [5, 5.41) is 4.32. The van der Waals surface area contributed by atoms with E-state index in [-0.39, 0.29) is 5.78 Å². The highest BCUT2D eigenvalue weighted by atomic mass is 35.5. The highest BCUT2D eigenvalue weighted by molar-refractivity contribution is 8.02. The molecule has 28 heavy (non-hydrogen) atoms. The van der Waals surface area contributed by atoms with Crippen LogP contribution in [0.5, 0.6) is 0 Å². The molecule has 1 atom stereocenters. The Morgan fingerprint density at radius 3 is 2.43 bits per heavy atom. The molecule has 1 unspecified atom stereocenters. The Morgan fingerprint density at radius 2 is 1.79 bits per heavy atom. The summed E-state index contributed by atoms with van der Waals surface area (Å²) in [4.78, 5) is 27.0. The molecule has 2 aliphatic heterocycles. The lowest BCUT2D eigenvalue weighted by Gasteiger charge is -2.22. The van der Waals surface area contributed by atoms with Crippen LogP contribution in [0.4, 0.5) is 0 Å². The number of esters is 1. The van der Waals surface area contributed by atoms with E-state index in [9.17, 15) is 9.59 Å². The number of nitrogens with one attached hydrogen (secondary N) is 1. The van der Waals surface area contributed by atoms with Crippen molar-refractivity contribution in [2.75, 3.05) is 13.1 Å². The minimum atomic E-state index is -0.640. The number of carbonyl (C=O) groups is 2. The van der Waals surface area contributed by atoms with E-state index in [4.69, 9.17) is 27.9 Å². The highest BCUT2D eigenvalue weighted by Crippen LogP contribution is 2.57. The Morgan fingerprint density at radius 1 is 1.07 bits per heavy atom. The molecular weight excluding hydrogens is 417 g/mol. The summed E-state index contributed by atoms with van der Waals surface area (Å²) in [5.74, 6) is -0.454. The van der Waals surface area contributed by atoms with Gasteiger partial charge in [-0.15, -0.1) is 11.8 Å². The summed E-state index contributed by atoms with van der Waals surface area (Å²) in [5.41, 5.74) is 1.05. The minimum Gasteiger partial charge on any atom is -0.449 e. The molecule has 5 rings (SSSR count). The van der Waals surface area contributed by atoms with Gasteiger partial charge in [0.15, 0.2) is 11.4 Å². The van der Waals surface area contributed by atoms with E-state index in [1.54, 1.807) is 24.3 Å². The summed E-state index contributed by atoms with van der Waals surface area (Å²) >= 11 is 14.0. The van der Waals surface area contributed by atoms with Crippen molar-refractivity contribution in [1.82, 2.24) is 5.32 Å². The van der Waals surface area contributed by atoms with Crippen LogP contribution in [-0.2, 0) is 10.3 Å². The predicted molar refractivity (Wildman–Crippen MR) is 110 cm³/mol. The quantitative estimate of drug-likeness (QED) is 0.550. The molecule has 2 fully saturated rings. The van der Waals surface area contributed by atoms with E-state index < -0.39 is 16.3 Å². The van der Waals surface area contributed by atoms with Crippen molar-refractivity contribution in [3.05, 3.63) is 63.1 Å². The Balaban J connectivity index is 1.54. The number of ketones is 1. The van der Waals surface area contributed by atoms with Gasteiger partial charge in [0.25, 0.3) is 0 Å². The summed E-state index contributed by atoms with van der Waals surface area (Å²) in [6, 6.07) is 10.8. The normalized spacial score (nSPS) is 24.3. The molecule has 0 amide bonds. The molecule has 3 aliphatic rings. The maximum absolute atomic E-state index is 13.5. The first kappa shape index (κ1) is 18.5. The summed E-state index contributed by atoms with van der Waals surface area (Å²) in [7, 11) is 0. The van der Waals surface area contributed by atoms with Crippen molar-refractivity contribution < 1.29 is 14.3 Å². The lowest BCUT2D eigenvalue weighted by atomic mass is 9.88. The maximum atomic E-state index is 13.5. The van der Waals surface area contributed by atoms with Gasteiger partial charge in [-0.3, -0.25) is 4.79 Å². The summed E-state index contributed by atoms with van der Waals surface area (Å²) in [6.07, 6.45) is 2.17. The third kappa shape index (κ3) is 2.71. The third-order valence-electron chi connectivity index (χ3n) is 5.74. The van der Waals surface area contributed by atoms with Crippen LogP contribution in [0.25, 0.3) is 0 Å². The SMILES string of the molecule is O=C1OC2(CCNC2)c2cccc(C(=O)C3(Sc4c(Cl)cccc4Cl)CC3)c21. The first-order valence-corrected chi connectivity index (χ1v) is 10.8. The molecule has 1 aliphatic carbocycles. The van der Waals surface area contributed by atoms with Crippen molar-refractivity contribution in [2.24, 2.45) is 0 Å².